The topological polar surface area (TPSA) is 76.9 Å². The second-order valence-corrected chi connectivity index (χ2v) is 5.53. The standard InChI is InChI=1S/C17H19FN6O/c1-10-8-20-24(9-10)16-13(25-4)6-5-12(15(16)18)22-17-21-11(2)7-14(19-3)23-17/h5-9H,1-4H3,(H2,19,21,22,23). The Bertz CT molecular complexity index is 908. The Labute approximate surface area is 144 Å². The number of hydrogen-bond donors (Lipinski definition) is 2. The molecular weight excluding hydrogens is 323 g/mol. The number of nitrogens with one attached hydrogen (secondary N) is 2. The van der Waals surface area contributed by atoms with Crippen LogP contribution in [0.4, 0.5) is 21.8 Å². The Hall–Kier alpha value is -3.16. The van der Waals surface area contributed by atoms with Crippen molar-refractivity contribution in [3.8, 4) is 11.4 Å². The Morgan fingerprint density at radius 3 is 2.64 bits per heavy atom. The van der Waals surface area contributed by atoms with Gasteiger partial charge in [0, 0.05) is 25.0 Å². The summed E-state index contributed by atoms with van der Waals surface area (Å²) in [5.41, 5.74) is 2.14. The van der Waals surface area contributed by atoms with Crippen LogP contribution in [0, 0.1) is 19.7 Å². The lowest BCUT2D eigenvalue weighted by molar-refractivity contribution is 0.407. The van der Waals surface area contributed by atoms with Crippen molar-refractivity contribution in [2.45, 2.75) is 13.8 Å². The van der Waals surface area contributed by atoms with E-state index in [9.17, 15) is 0 Å². The fourth-order valence-electron chi connectivity index (χ4n) is 2.43. The Kier molecular flexibility index (Phi) is 4.51. The molecule has 7 nitrogen and oxygen atoms in total. The molecule has 130 valence electrons. The van der Waals surface area contributed by atoms with Gasteiger partial charge < -0.3 is 15.4 Å². The minimum Gasteiger partial charge on any atom is -0.494 e. The maximum Gasteiger partial charge on any atom is 0.229 e. The molecule has 0 bridgehead atoms. The van der Waals surface area contributed by atoms with Crippen LogP contribution in [-0.4, -0.2) is 33.9 Å². The molecule has 0 aliphatic rings. The highest BCUT2D eigenvalue weighted by molar-refractivity contribution is 5.64. The van der Waals surface area contributed by atoms with Gasteiger partial charge in [-0.1, -0.05) is 0 Å². The number of anilines is 3. The fraction of sp³-hybridized carbons (Fsp3) is 0.235. The van der Waals surface area contributed by atoms with Crippen molar-refractivity contribution < 1.29 is 9.13 Å². The van der Waals surface area contributed by atoms with Crippen molar-refractivity contribution in [1.82, 2.24) is 19.7 Å². The molecule has 1 aromatic carbocycles. The summed E-state index contributed by atoms with van der Waals surface area (Å²) < 4.78 is 21.8. The molecule has 0 saturated carbocycles. The maximum absolute atomic E-state index is 15.1. The summed E-state index contributed by atoms with van der Waals surface area (Å²) in [6.07, 6.45) is 3.38. The van der Waals surface area contributed by atoms with Gasteiger partial charge in [0.25, 0.3) is 0 Å². The summed E-state index contributed by atoms with van der Waals surface area (Å²) in [6, 6.07) is 5.05. The molecule has 0 amide bonds. The van der Waals surface area contributed by atoms with Gasteiger partial charge in [-0.25, -0.2) is 14.1 Å². The molecule has 2 N–H and O–H groups in total. The average Bonchev–Trinajstić information content (AvgIpc) is 3.01. The second-order valence-electron chi connectivity index (χ2n) is 5.53. The molecule has 0 saturated heterocycles. The summed E-state index contributed by atoms with van der Waals surface area (Å²) in [7, 11) is 3.25. The number of rotatable bonds is 5. The quantitative estimate of drug-likeness (QED) is 0.741. The third-order valence-electron chi connectivity index (χ3n) is 3.60. The van der Waals surface area contributed by atoms with Crippen LogP contribution in [0.25, 0.3) is 5.69 Å². The minimum atomic E-state index is -0.501. The molecule has 0 unspecified atom stereocenters. The highest BCUT2D eigenvalue weighted by Crippen LogP contribution is 2.32. The van der Waals surface area contributed by atoms with Crippen LogP contribution in [0.5, 0.6) is 5.75 Å². The van der Waals surface area contributed by atoms with E-state index in [0.29, 0.717) is 17.5 Å². The molecule has 2 aromatic heterocycles. The molecule has 0 spiro atoms. The van der Waals surface area contributed by atoms with Crippen LogP contribution in [0.15, 0.2) is 30.6 Å². The lowest BCUT2D eigenvalue weighted by Crippen LogP contribution is -2.07. The molecule has 0 atom stereocenters. The number of hydrogen-bond acceptors (Lipinski definition) is 6. The number of methoxy groups -OCH3 is 1. The summed E-state index contributed by atoms with van der Waals surface area (Å²) in [6.45, 7) is 3.73. The van der Waals surface area contributed by atoms with E-state index in [0.717, 1.165) is 11.3 Å². The first-order valence-electron chi connectivity index (χ1n) is 7.70. The smallest absolute Gasteiger partial charge is 0.229 e. The molecule has 0 radical (unpaired) electrons. The highest BCUT2D eigenvalue weighted by Gasteiger charge is 2.18. The number of benzene rings is 1. The summed E-state index contributed by atoms with van der Waals surface area (Å²) in [5, 5.41) is 10.0. The van der Waals surface area contributed by atoms with Gasteiger partial charge >= 0.3 is 0 Å². The molecule has 0 aliphatic heterocycles. The average molecular weight is 342 g/mol. The first kappa shape index (κ1) is 16.7. The van der Waals surface area contributed by atoms with Gasteiger partial charge in [-0.15, -0.1) is 0 Å². The summed E-state index contributed by atoms with van der Waals surface area (Å²) in [4.78, 5) is 8.57. The first-order valence-corrected chi connectivity index (χ1v) is 7.70. The van der Waals surface area contributed by atoms with Crippen LogP contribution in [0.3, 0.4) is 0 Å². The van der Waals surface area contributed by atoms with Gasteiger partial charge in [-0.05, 0) is 31.5 Å². The van der Waals surface area contributed by atoms with Gasteiger partial charge in [0.15, 0.2) is 5.82 Å². The third kappa shape index (κ3) is 3.37. The largest absolute Gasteiger partial charge is 0.494 e. The normalized spacial score (nSPS) is 10.6. The third-order valence-corrected chi connectivity index (χ3v) is 3.60. The van der Waals surface area contributed by atoms with Crippen LogP contribution in [-0.2, 0) is 0 Å². The number of aromatic nitrogens is 4. The zero-order chi connectivity index (χ0) is 18.0. The van der Waals surface area contributed by atoms with E-state index in [1.165, 1.54) is 11.8 Å². The van der Waals surface area contributed by atoms with Gasteiger partial charge in [0.05, 0.1) is 19.0 Å². The zero-order valence-corrected chi connectivity index (χ0v) is 14.5. The first-order chi connectivity index (χ1) is 12.0. The molecule has 0 aliphatic carbocycles. The van der Waals surface area contributed by atoms with Crippen molar-refractivity contribution in [1.29, 1.82) is 0 Å². The molecule has 3 aromatic rings. The van der Waals surface area contributed by atoms with E-state index >= 15 is 4.39 Å². The van der Waals surface area contributed by atoms with E-state index in [4.69, 9.17) is 4.74 Å². The van der Waals surface area contributed by atoms with Crippen molar-refractivity contribution in [2.75, 3.05) is 24.8 Å². The SMILES string of the molecule is CNc1cc(C)nc(Nc2ccc(OC)c(-n3cc(C)cn3)c2F)n1. The maximum atomic E-state index is 15.1. The Morgan fingerprint density at radius 1 is 1.20 bits per heavy atom. The van der Waals surface area contributed by atoms with E-state index in [2.05, 4.69) is 25.7 Å². The van der Waals surface area contributed by atoms with Crippen molar-refractivity contribution in [3.05, 3.63) is 47.7 Å². The summed E-state index contributed by atoms with van der Waals surface area (Å²) >= 11 is 0. The molecule has 3 rings (SSSR count). The van der Waals surface area contributed by atoms with E-state index in [1.54, 1.807) is 37.6 Å². The second kappa shape index (κ2) is 6.76. The predicted octanol–water partition coefficient (Wildman–Crippen LogP) is 3.21. The number of ether oxygens (including phenoxy) is 1. The van der Waals surface area contributed by atoms with Crippen LogP contribution < -0.4 is 15.4 Å². The predicted molar refractivity (Wildman–Crippen MR) is 94.4 cm³/mol. The lowest BCUT2D eigenvalue weighted by atomic mass is 10.2. The van der Waals surface area contributed by atoms with Gasteiger partial charge in [0.1, 0.15) is 17.3 Å². The van der Waals surface area contributed by atoms with E-state index < -0.39 is 5.82 Å². The number of nitrogens with zero attached hydrogens (tertiary/aromatic N) is 4. The zero-order valence-electron chi connectivity index (χ0n) is 14.5. The lowest BCUT2D eigenvalue weighted by Gasteiger charge is -2.14. The molecule has 8 heteroatoms. The van der Waals surface area contributed by atoms with Crippen LogP contribution in [0.1, 0.15) is 11.3 Å². The number of halogens is 1. The molecule has 0 fully saturated rings. The highest BCUT2D eigenvalue weighted by atomic mass is 19.1. The molecule has 2 heterocycles. The van der Waals surface area contributed by atoms with Crippen LogP contribution >= 0.6 is 0 Å². The van der Waals surface area contributed by atoms with E-state index in [1.807, 2.05) is 13.8 Å². The van der Waals surface area contributed by atoms with Gasteiger partial charge in [-0.3, -0.25) is 0 Å². The molecular formula is C17H19FN6O. The van der Waals surface area contributed by atoms with Crippen molar-refractivity contribution in [3.63, 3.8) is 0 Å². The Balaban J connectivity index is 2.05. The van der Waals surface area contributed by atoms with Crippen molar-refractivity contribution >= 4 is 17.5 Å². The fourth-order valence-corrected chi connectivity index (χ4v) is 2.43. The van der Waals surface area contributed by atoms with Gasteiger partial charge in [-0.2, -0.15) is 10.1 Å². The Morgan fingerprint density at radius 2 is 2.00 bits per heavy atom. The molecule has 25 heavy (non-hydrogen) atoms. The number of aryl methyl sites for hydroxylation is 2. The van der Waals surface area contributed by atoms with Crippen LogP contribution in [0.2, 0.25) is 0 Å². The monoisotopic (exact) mass is 342 g/mol. The van der Waals surface area contributed by atoms with Crippen molar-refractivity contribution in [2.24, 2.45) is 0 Å². The minimum absolute atomic E-state index is 0.224. The summed E-state index contributed by atoms with van der Waals surface area (Å²) in [5.74, 6) is 0.827. The van der Waals surface area contributed by atoms with Gasteiger partial charge in [0.2, 0.25) is 5.95 Å². The van der Waals surface area contributed by atoms with E-state index in [-0.39, 0.29) is 11.4 Å².